The topological polar surface area (TPSA) is 44.8 Å². The molecule has 0 bridgehead atoms. The third-order valence-corrected chi connectivity index (χ3v) is 3.35. The molecule has 0 saturated heterocycles. The number of benzene rings is 2. The third-order valence-electron chi connectivity index (χ3n) is 2.91. The van der Waals surface area contributed by atoms with Gasteiger partial charge in [0.2, 0.25) is 0 Å². The first kappa shape index (κ1) is 16.5. The summed E-state index contributed by atoms with van der Waals surface area (Å²) in [4.78, 5) is 12.2. The van der Waals surface area contributed by atoms with Crippen LogP contribution in [0.1, 0.15) is 10.4 Å². The normalized spacial score (nSPS) is 10.2. The second-order valence-electron chi connectivity index (χ2n) is 4.39. The van der Waals surface area contributed by atoms with E-state index in [0.717, 1.165) is 0 Å². The summed E-state index contributed by atoms with van der Waals surface area (Å²) < 4.78 is 15.7. The Bertz CT molecular complexity index is 666. The molecule has 0 unspecified atom stereocenters. The fourth-order valence-electron chi connectivity index (χ4n) is 1.85. The Morgan fingerprint density at radius 1 is 0.955 bits per heavy atom. The molecule has 0 aromatic heterocycles. The van der Waals surface area contributed by atoms with Gasteiger partial charge in [-0.3, -0.25) is 4.79 Å². The number of rotatable bonds is 6. The highest BCUT2D eigenvalue weighted by molar-refractivity contribution is 6.34. The van der Waals surface area contributed by atoms with Crippen LogP contribution in [-0.4, -0.2) is 26.6 Å². The van der Waals surface area contributed by atoms with Crippen LogP contribution in [0.15, 0.2) is 36.4 Å². The van der Waals surface area contributed by atoms with Crippen molar-refractivity contribution in [3.05, 3.63) is 52.0 Å². The zero-order valence-corrected chi connectivity index (χ0v) is 13.6. The molecule has 116 valence electrons. The predicted molar refractivity (Wildman–Crippen MR) is 85.8 cm³/mol. The van der Waals surface area contributed by atoms with Crippen molar-refractivity contribution in [3.63, 3.8) is 0 Å². The smallest absolute Gasteiger partial charge is 0.200 e. The fraction of sp³-hybridized carbons (Fsp3) is 0.188. The zero-order valence-electron chi connectivity index (χ0n) is 12.1. The standard InChI is InChI=1S/C16H14Cl2O4/c1-20-15-4-3-10(5-16(15)21-2)14(19)9-22-13-7-11(17)6-12(18)8-13/h3-8H,9H2,1-2H3. The first-order chi connectivity index (χ1) is 10.5. The number of ketones is 1. The van der Waals surface area contributed by atoms with Gasteiger partial charge in [0, 0.05) is 15.6 Å². The number of carbonyl (C=O) groups excluding carboxylic acids is 1. The molecular weight excluding hydrogens is 327 g/mol. The average Bonchev–Trinajstić information content (AvgIpc) is 2.51. The van der Waals surface area contributed by atoms with Crippen LogP contribution in [0.25, 0.3) is 0 Å². The van der Waals surface area contributed by atoms with Crippen LogP contribution in [0, 0.1) is 0 Å². The van der Waals surface area contributed by atoms with E-state index in [1.165, 1.54) is 14.2 Å². The van der Waals surface area contributed by atoms with Crippen LogP contribution in [0.4, 0.5) is 0 Å². The van der Waals surface area contributed by atoms with Crippen LogP contribution in [-0.2, 0) is 0 Å². The molecule has 0 N–H and O–H groups in total. The lowest BCUT2D eigenvalue weighted by molar-refractivity contribution is 0.0921. The van der Waals surface area contributed by atoms with Gasteiger partial charge in [-0.1, -0.05) is 23.2 Å². The van der Waals surface area contributed by atoms with E-state index >= 15 is 0 Å². The van der Waals surface area contributed by atoms with Gasteiger partial charge in [0.05, 0.1) is 14.2 Å². The van der Waals surface area contributed by atoms with Crippen LogP contribution in [0.3, 0.4) is 0 Å². The third kappa shape index (κ3) is 4.06. The molecule has 4 nitrogen and oxygen atoms in total. The van der Waals surface area contributed by atoms with Gasteiger partial charge in [-0.15, -0.1) is 0 Å². The minimum absolute atomic E-state index is 0.133. The lowest BCUT2D eigenvalue weighted by atomic mass is 10.1. The van der Waals surface area contributed by atoms with Gasteiger partial charge in [0.25, 0.3) is 0 Å². The molecule has 2 aromatic rings. The summed E-state index contributed by atoms with van der Waals surface area (Å²) in [5.41, 5.74) is 0.464. The highest BCUT2D eigenvalue weighted by Gasteiger charge is 2.12. The van der Waals surface area contributed by atoms with Crippen LogP contribution < -0.4 is 14.2 Å². The number of methoxy groups -OCH3 is 2. The van der Waals surface area contributed by atoms with E-state index in [2.05, 4.69) is 0 Å². The Hall–Kier alpha value is -1.91. The van der Waals surface area contributed by atoms with Crippen molar-refractivity contribution in [1.29, 1.82) is 0 Å². The molecule has 0 heterocycles. The molecule has 0 aliphatic rings. The van der Waals surface area contributed by atoms with Crippen LogP contribution in [0.5, 0.6) is 17.2 Å². The number of halogens is 2. The first-order valence-corrected chi connectivity index (χ1v) is 7.13. The first-order valence-electron chi connectivity index (χ1n) is 6.37. The molecule has 0 amide bonds. The number of carbonyl (C=O) groups is 1. The Kier molecular flexibility index (Phi) is 5.52. The van der Waals surface area contributed by atoms with Gasteiger partial charge in [-0.2, -0.15) is 0 Å². The van der Waals surface area contributed by atoms with Crippen LogP contribution >= 0.6 is 23.2 Å². The molecule has 6 heteroatoms. The van der Waals surface area contributed by atoms with E-state index in [4.69, 9.17) is 37.4 Å². The zero-order chi connectivity index (χ0) is 16.1. The Balaban J connectivity index is 2.09. The number of hydrogen-bond acceptors (Lipinski definition) is 4. The molecule has 0 spiro atoms. The number of hydrogen-bond donors (Lipinski definition) is 0. The maximum Gasteiger partial charge on any atom is 0.200 e. The molecule has 0 fully saturated rings. The lowest BCUT2D eigenvalue weighted by Crippen LogP contribution is -2.11. The molecular formula is C16H14Cl2O4. The van der Waals surface area contributed by atoms with Gasteiger partial charge in [0.1, 0.15) is 5.75 Å². The maximum absolute atomic E-state index is 12.2. The van der Waals surface area contributed by atoms with Crippen molar-refractivity contribution in [2.75, 3.05) is 20.8 Å². The van der Waals surface area contributed by atoms with E-state index < -0.39 is 0 Å². The van der Waals surface area contributed by atoms with E-state index in [0.29, 0.717) is 32.9 Å². The second-order valence-corrected chi connectivity index (χ2v) is 5.26. The highest BCUT2D eigenvalue weighted by Crippen LogP contribution is 2.28. The molecule has 2 rings (SSSR count). The summed E-state index contributed by atoms with van der Waals surface area (Å²) in [6.07, 6.45) is 0. The van der Waals surface area contributed by atoms with Crippen molar-refractivity contribution in [3.8, 4) is 17.2 Å². The molecule has 0 saturated carbocycles. The van der Waals surface area contributed by atoms with Crippen molar-refractivity contribution < 1.29 is 19.0 Å². The van der Waals surface area contributed by atoms with E-state index in [1.54, 1.807) is 36.4 Å². The number of Topliss-reactive ketones (excluding diaryl/α,β-unsaturated/α-hetero) is 1. The number of ether oxygens (including phenoxy) is 3. The fourth-order valence-corrected chi connectivity index (χ4v) is 2.36. The van der Waals surface area contributed by atoms with Crippen LogP contribution in [0.2, 0.25) is 10.0 Å². The van der Waals surface area contributed by atoms with Crippen molar-refractivity contribution in [2.24, 2.45) is 0 Å². The molecule has 0 aliphatic heterocycles. The summed E-state index contributed by atoms with van der Waals surface area (Å²) in [7, 11) is 3.04. The van der Waals surface area contributed by atoms with Gasteiger partial charge in [0.15, 0.2) is 23.9 Å². The van der Waals surface area contributed by atoms with Crippen molar-refractivity contribution in [2.45, 2.75) is 0 Å². The molecule has 0 aliphatic carbocycles. The minimum Gasteiger partial charge on any atom is -0.493 e. The highest BCUT2D eigenvalue weighted by atomic mass is 35.5. The second kappa shape index (κ2) is 7.38. The molecule has 2 aromatic carbocycles. The van der Waals surface area contributed by atoms with Gasteiger partial charge in [-0.05, 0) is 36.4 Å². The Morgan fingerprint density at radius 2 is 1.59 bits per heavy atom. The minimum atomic E-state index is -0.197. The lowest BCUT2D eigenvalue weighted by Gasteiger charge is -2.10. The average molecular weight is 341 g/mol. The Labute approximate surface area is 138 Å². The quantitative estimate of drug-likeness (QED) is 0.736. The van der Waals surface area contributed by atoms with Gasteiger partial charge >= 0.3 is 0 Å². The maximum atomic E-state index is 12.2. The van der Waals surface area contributed by atoms with E-state index in [1.807, 2.05) is 0 Å². The van der Waals surface area contributed by atoms with Gasteiger partial charge in [-0.25, -0.2) is 0 Å². The summed E-state index contributed by atoms with van der Waals surface area (Å²) in [5.74, 6) is 1.28. The predicted octanol–water partition coefficient (Wildman–Crippen LogP) is 4.27. The monoisotopic (exact) mass is 340 g/mol. The van der Waals surface area contributed by atoms with Gasteiger partial charge < -0.3 is 14.2 Å². The molecule has 22 heavy (non-hydrogen) atoms. The van der Waals surface area contributed by atoms with E-state index in [-0.39, 0.29) is 12.4 Å². The molecule has 0 atom stereocenters. The summed E-state index contributed by atoms with van der Waals surface area (Å²) in [5, 5.41) is 0.891. The summed E-state index contributed by atoms with van der Waals surface area (Å²) in [6, 6.07) is 9.70. The summed E-state index contributed by atoms with van der Waals surface area (Å²) >= 11 is 11.8. The summed E-state index contributed by atoms with van der Waals surface area (Å²) in [6.45, 7) is -0.133. The largest absolute Gasteiger partial charge is 0.493 e. The SMILES string of the molecule is COc1ccc(C(=O)COc2cc(Cl)cc(Cl)c2)cc1OC. The van der Waals surface area contributed by atoms with Crippen molar-refractivity contribution >= 4 is 29.0 Å². The Morgan fingerprint density at radius 3 is 2.18 bits per heavy atom. The van der Waals surface area contributed by atoms with Crippen molar-refractivity contribution in [1.82, 2.24) is 0 Å². The van der Waals surface area contributed by atoms with E-state index in [9.17, 15) is 4.79 Å². The molecule has 0 radical (unpaired) electrons.